The molecule has 0 aromatic carbocycles. The predicted molar refractivity (Wildman–Crippen MR) is 30.6 cm³/mol. The van der Waals surface area contributed by atoms with Gasteiger partial charge in [0.15, 0.2) is 0 Å². The van der Waals surface area contributed by atoms with E-state index in [-0.39, 0.29) is 6.61 Å². The zero-order valence-corrected chi connectivity index (χ0v) is 6.29. The maximum absolute atomic E-state index is 11.5. The first-order chi connectivity index (χ1) is 3.98. The van der Waals surface area contributed by atoms with E-state index in [0.29, 0.717) is 0 Å². The molecule has 0 aromatic rings. The molecule has 0 spiro atoms. The van der Waals surface area contributed by atoms with Crippen LogP contribution in [0.2, 0.25) is 0 Å². The van der Waals surface area contributed by atoms with Gasteiger partial charge in [-0.25, -0.2) is 0 Å². The lowest BCUT2D eigenvalue weighted by atomic mass is 10.4. The summed E-state index contributed by atoms with van der Waals surface area (Å²) in [6.07, 6.45) is -4.20. The van der Waals surface area contributed by atoms with Gasteiger partial charge < -0.3 is 4.74 Å². The smallest absolute Gasteiger partial charge is 0.383 e. The number of ether oxygens (including phenoxy) is 1. The first-order valence-corrected chi connectivity index (χ1v) is 3.09. The van der Waals surface area contributed by atoms with Crippen LogP contribution >= 0.6 is 15.9 Å². The maximum Gasteiger partial charge on any atom is 0.403 e. The highest BCUT2D eigenvalue weighted by Gasteiger charge is 2.37. The van der Waals surface area contributed by atoms with Crippen LogP contribution in [0.4, 0.5) is 13.2 Å². The first kappa shape index (κ1) is 9.23. The van der Waals surface area contributed by atoms with Crippen LogP contribution in [0.3, 0.4) is 0 Å². The van der Waals surface area contributed by atoms with E-state index in [1.807, 2.05) is 0 Å². The molecule has 0 fully saturated rings. The second-order valence-electron chi connectivity index (χ2n) is 1.46. The molecule has 0 N–H and O–H groups in total. The molecule has 0 aliphatic carbocycles. The topological polar surface area (TPSA) is 9.23 Å². The molecule has 0 aliphatic heterocycles. The van der Waals surface area contributed by atoms with Gasteiger partial charge in [-0.2, -0.15) is 13.2 Å². The average molecular weight is 207 g/mol. The molecule has 9 heavy (non-hydrogen) atoms. The molecule has 0 amide bonds. The van der Waals surface area contributed by atoms with Crippen molar-refractivity contribution in [3.63, 3.8) is 0 Å². The van der Waals surface area contributed by atoms with Crippen molar-refractivity contribution in [2.24, 2.45) is 0 Å². The highest BCUT2D eigenvalue weighted by Crippen LogP contribution is 2.25. The van der Waals surface area contributed by atoms with Gasteiger partial charge in [0.05, 0.1) is 6.61 Å². The van der Waals surface area contributed by atoms with Gasteiger partial charge >= 0.3 is 6.18 Å². The molecule has 0 aromatic heterocycles. The van der Waals surface area contributed by atoms with Gasteiger partial charge in [-0.3, -0.25) is 0 Å². The molecule has 5 heteroatoms. The third-order valence-electron chi connectivity index (χ3n) is 0.668. The minimum atomic E-state index is -4.20. The molecule has 56 valence electrons. The summed E-state index contributed by atoms with van der Waals surface area (Å²) in [6, 6.07) is 0. The summed E-state index contributed by atoms with van der Waals surface area (Å²) in [7, 11) is 1.22. The third kappa shape index (κ3) is 3.75. The van der Waals surface area contributed by atoms with Crippen LogP contribution < -0.4 is 0 Å². The van der Waals surface area contributed by atoms with Gasteiger partial charge in [-0.05, 0) is 0 Å². The van der Waals surface area contributed by atoms with Crippen molar-refractivity contribution in [3.8, 4) is 0 Å². The van der Waals surface area contributed by atoms with Crippen LogP contribution in [0.1, 0.15) is 0 Å². The van der Waals surface area contributed by atoms with E-state index in [0.717, 1.165) is 0 Å². The van der Waals surface area contributed by atoms with E-state index in [1.165, 1.54) is 7.11 Å². The van der Waals surface area contributed by atoms with Crippen molar-refractivity contribution in [2.75, 3.05) is 13.7 Å². The van der Waals surface area contributed by atoms with Crippen molar-refractivity contribution in [1.29, 1.82) is 0 Å². The Labute approximate surface area is 59.3 Å². The Balaban J connectivity index is 3.59. The minimum Gasteiger partial charge on any atom is -0.383 e. The monoisotopic (exact) mass is 206 g/mol. The third-order valence-corrected chi connectivity index (χ3v) is 1.45. The predicted octanol–water partition coefficient (Wildman–Crippen LogP) is 1.96. The van der Waals surface area contributed by atoms with Crippen LogP contribution in [0.5, 0.6) is 0 Å². The lowest BCUT2D eigenvalue weighted by molar-refractivity contribution is -0.135. The summed E-state index contributed by atoms with van der Waals surface area (Å²) >= 11 is 2.41. The lowest BCUT2D eigenvalue weighted by Gasteiger charge is -2.11. The van der Waals surface area contributed by atoms with Crippen molar-refractivity contribution < 1.29 is 17.9 Å². The number of hydrogen-bond donors (Lipinski definition) is 0. The molecule has 0 bridgehead atoms. The van der Waals surface area contributed by atoms with E-state index in [2.05, 4.69) is 20.7 Å². The van der Waals surface area contributed by atoms with E-state index in [4.69, 9.17) is 0 Å². The van der Waals surface area contributed by atoms with Crippen LogP contribution in [-0.4, -0.2) is 24.7 Å². The Bertz CT molecular complexity index is 82.4. The largest absolute Gasteiger partial charge is 0.403 e. The molecule has 0 aliphatic rings. The maximum atomic E-state index is 11.5. The number of alkyl halides is 4. The minimum absolute atomic E-state index is 0.344. The van der Waals surface area contributed by atoms with Crippen molar-refractivity contribution in [3.05, 3.63) is 0 Å². The fourth-order valence-electron chi connectivity index (χ4n) is 0.241. The van der Waals surface area contributed by atoms with E-state index in [9.17, 15) is 13.2 Å². The van der Waals surface area contributed by atoms with Crippen LogP contribution in [0.25, 0.3) is 0 Å². The second-order valence-corrected chi connectivity index (χ2v) is 2.57. The van der Waals surface area contributed by atoms with Crippen molar-refractivity contribution in [1.82, 2.24) is 0 Å². The van der Waals surface area contributed by atoms with Crippen LogP contribution in [0, 0.1) is 0 Å². The molecular weight excluding hydrogens is 201 g/mol. The Morgan fingerprint density at radius 1 is 1.56 bits per heavy atom. The van der Waals surface area contributed by atoms with Gasteiger partial charge in [0.25, 0.3) is 0 Å². The highest BCUT2D eigenvalue weighted by molar-refractivity contribution is 9.09. The fraction of sp³-hybridized carbons (Fsp3) is 1.00. The molecule has 0 radical (unpaired) electrons. The summed E-state index contributed by atoms with van der Waals surface area (Å²) in [5.74, 6) is 0. The van der Waals surface area contributed by atoms with Crippen molar-refractivity contribution in [2.45, 2.75) is 11.0 Å². The molecule has 0 heterocycles. The summed E-state index contributed by atoms with van der Waals surface area (Å²) in [5.41, 5.74) is 0. The highest BCUT2D eigenvalue weighted by atomic mass is 79.9. The standard InChI is InChI=1S/C4H6BrF3O/c1-9-2-3(5)4(6,7)8/h3H,2H2,1H3/t3-/m1/s1. The summed E-state index contributed by atoms with van der Waals surface area (Å²) in [6.45, 7) is -0.344. The van der Waals surface area contributed by atoms with E-state index in [1.54, 1.807) is 0 Å². The molecule has 0 saturated heterocycles. The van der Waals surface area contributed by atoms with Gasteiger partial charge in [0.1, 0.15) is 4.83 Å². The molecular formula is C4H6BrF3O. The number of hydrogen-bond acceptors (Lipinski definition) is 1. The number of halogens is 4. The summed E-state index contributed by atoms with van der Waals surface area (Å²) in [5, 5.41) is 0. The molecule has 0 rings (SSSR count). The SMILES string of the molecule is COC[C@@H](Br)C(F)(F)F. The molecule has 0 saturated carbocycles. The van der Waals surface area contributed by atoms with Crippen molar-refractivity contribution >= 4 is 15.9 Å². The Kier molecular flexibility index (Phi) is 3.50. The summed E-state index contributed by atoms with van der Waals surface area (Å²) in [4.78, 5) is -1.55. The first-order valence-electron chi connectivity index (χ1n) is 2.18. The number of methoxy groups -OCH3 is 1. The lowest BCUT2D eigenvalue weighted by Crippen LogP contribution is -2.26. The second kappa shape index (κ2) is 3.41. The quantitative estimate of drug-likeness (QED) is 0.629. The Morgan fingerprint density at radius 2 is 2.00 bits per heavy atom. The normalized spacial score (nSPS) is 15.7. The number of rotatable bonds is 2. The average Bonchev–Trinajstić information content (AvgIpc) is 1.64. The Hall–Kier alpha value is 0.230. The fourth-order valence-corrected chi connectivity index (χ4v) is 0.505. The van der Waals surface area contributed by atoms with Gasteiger partial charge in [-0.1, -0.05) is 15.9 Å². The van der Waals surface area contributed by atoms with Gasteiger partial charge in [-0.15, -0.1) is 0 Å². The van der Waals surface area contributed by atoms with Gasteiger partial charge in [0.2, 0.25) is 0 Å². The summed E-state index contributed by atoms with van der Waals surface area (Å²) < 4.78 is 38.8. The zero-order chi connectivity index (χ0) is 7.49. The molecule has 1 nitrogen and oxygen atoms in total. The zero-order valence-electron chi connectivity index (χ0n) is 4.70. The van der Waals surface area contributed by atoms with Crippen LogP contribution in [0.15, 0.2) is 0 Å². The van der Waals surface area contributed by atoms with Gasteiger partial charge in [0, 0.05) is 7.11 Å². The molecule has 1 atom stereocenters. The Morgan fingerprint density at radius 3 is 2.11 bits per heavy atom. The van der Waals surface area contributed by atoms with E-state index < -0.39 is 11.0 Å². The van der Waals surface area contributed by atoms with Crippen LogP contribution in [-0.2, 0) is 4.74 Å². The molecule has 0 unspecified atom stereocenters. The van der Waals surface area contributed by atoms with E-state index >= 15 is 0 Å².